The molecule has 0 radical (unpaired) electrons. The molecule has 0 saturated carbocycles. The van der Waals surface area contributed by atoms with Crippen LogP contribution in [0.3, 0.4) is 0 Å². The Morgan fingerprint density at radius 2 is 1.73 bits per heavy atom. The molecular weight excluding hydrogens is 471 g/mol. The number of esters is 1. The summed E-state index contributed by atoms with van der Waals surface area (Å²) in [4.78, 5) is 39.8. The van der Waals surface area contributed by atoms with E-state index in [1.165, 1.54) is 13.2 Å². The smallest absolute Gasteiger partial charge is 0.337 e. The molecule has 1 aliphatic heterocycles. The summed E-state index contributed by atoms with van der Waals surface area (Å²) < 4.78 is 19.0. The van der Waals surface area contributed by atoms with Gasteiger partial charge in [0, 0.05) is 29.4 Å². The van der Waals surface area contributed by atoms with Crippen molar-refractivity contribution in [1.29, 1.82) is 0 Å². The minimum atomic E-state index is -0.485. The lowest BCUT2D eigenvalue weighted by molar-refractivity contribution is -0.124. The summed E-state index contributed by atoms with van der Waals surface area (Å²) in [6.07, 6.45) is 1.26. The molecule has 37 heavy (non-hydrogen) atoms. The van der Waals surface area contributed by atoms with E-state index in [4.69, 9.17) is 4.74 Å². The third kappa shape index (κ3) is 5.71. The Hall–Kier alpha value is -4.00. The number of nitrogens with zero attached hydrogens (tertiary/aromatic N) is 1. The van der Waals surface area contributed by atoms with Gasteiger partial charge in [-0.2, -0.15) is 0 Å². The Labute approximate surface area is 216 Å². The number of anilines is 2. The Kier molecular flexibility index (Phi) is 7.71. The second-order valence-corrected chi connectivity index (χ2v) is 9.73. The molecule has 0 aliphatic carbocycles. The highest BCUT2D eigenvalue weighted by molar-refractivity contribution is 6.06. The molecule has 2 atom stereocenters. The van der Waals surface area contributed by atoms with E-state index in [1.807, 2.05) is 26.8 Å². The van der Waals surface area contributed by atoms with Gasteiger partial charge in [0.1, 0.15) is 5.82 Å². The molecule has 3 aromatic carbocycles. The molecule has 6 nitrogen and oxygen atoms in total. The van der Waals surface area contributed by atoms with Crippen molar-refractivity contribution in [2.45, 2.75) is 33.6 Å². The molecule has 4 rings (SSSR count). The summed E-state index contributed by atoms with van der Waals surface area (Å²) >= 11 is 0. The minimum Gasteiger partial charge on any atom is -0.465 e. The van der Waals surface area contributed by atoms with Gasteiger partial charge in [-0.25, -0.2) is 9.18 Å². The number of amides is 2. The lowest BCUT2D eigenvalue weighted by Crippen LogP contribution is -2.46. The highest BCUT2D eigenvalue weighted by Gasteiger charge is 2.34. The lowest BCUT2D eigenvalue weighted by atomic mass is 9.84. The first-order valence-electron chi connectivity index (χ1n) is 12.3. The van der Waals surface area contributed by atoms with E-state index >= 15 is 0 Å². The van der Waals surface area contributed by atoms with Crippen LogP contribution in [0.15, 0.2) is 60.7 Å². The predicted molar refractivity (Wildman–Crippen MR) is 141 cm³/mol. The fraction of sp³-hybridized carbons (Fsp3) is 0.300. The van der Waals surface area contributed by atoms with Crippen LogP contribution in [0.4, 0.5) is 15.8 Å². The first-order valence-corrected chi connectivity index (χ1v) is 12.3. The quantitative estimate of drug-likeness (QED) is 0.438. The van der Waals surface area contributed by atoms with Gasteiger partial charge in [-0.3, -0.25) is 9.59 Å². The number of carbonyl (C=O) groups is 3. The van der Waals surface area contributed by atoms with E-state index in [9.17, 15) is 18.8 Å². The zero-order chi connectivity index (χ0) is 26.7. The topological polar surface area (TPSA) is 75.7 Å². The molecule has 0 bridgehead atoms. The molecule has 3 aromatic rings. The number of rotatable bonds is 6. The summed E-state index contributed by atoms with van der Waals surface area (Å²) in [6, 6.07) is 16.8. The fourth-order valence-corrected chi connectivity index (χ4v) is 5.17. The van der Waals surface area contributed by atoms with E-state index in [-0.39, 0.29) is 29.5 Å². The van der Waals surface area contributed by atoms with Gasteiger partial charge >= 0.3 is 5.97 Å². The number of benzene rings is 3. The number of methoxy groups -OCH3 is 1. The standard InChI is InChI=1S/C30H31FN2O4/c1-18-13-24(28(34)32-25-10-7-9-23(16-25)30(36)37-4)14-19(2)27(18)33-17-21(12-20(3)29(33)35)15-22-8-5-6-11-26(22)31/h5-11,13-14,16,20-21H,12,15,17H2,1-4H3,(H,32,34)/t20-,21-/m1/s1. The van der Waals surface area contributed by atoms with Crippen LogP contribution in [0.1, 0.15) is 50.8 Å². The largest absolute Gasteiger partial charge is 0.465 e. The van der Waals surface area contributed by atoms with Crippen molar-refractivity contribution in [3.8, 4) is 0 Å². The summed E-state index contributed by atoms with van der Waals surface area (Å²) in [6.45, 7) is 6.17. The van der Waals surface area contributed by atoms with Gasteiger partial charge in [0.2, 0.25) is 5.91 Å². The highest BCUT2D eigenvalue weighted by Crippen LogP contribution is 2.34. The van der Waals surface area contributed by atoms with E-state index < -0.39 is 5.97 Å². The van der Waals surface area contributed by atoms with Crippen LogP contribution >= 0.6 is 0 Å². The van der Waals surface area contributed by atoms with Crippen molar-refractivity contribution >= 4 is 29.2 Å². The van der Waals surface area contributed by atoms with Crippen molar-refractivity contribution in [2.75, 3.05) is 23.9 Å². The molecule has 7 heteroatoms. The fourth-order valence-electron chi connectivity index (χ4n) is 5.17. The minimum absolute atomic E-state index is 0.0350. The summed E-state index contributed by atoms with van der Waals surface area (Å²) in [7, 11) is 1.30. The van der Waals surface area contributed by atoms with E-state index in [1.54, 1.807) is 53.4 Å². The van der Waals surface area contributed by atoms with Crippen molar-refractivity contribution < 1.29 is 23.5 Å². The normalized spacial score (nSPS) is 17.4. The highest BCUT2D eigenvalue weighted by atomic mass is 19.1. The first-order chi connectivity index (χ1) is 17.7. The maximum atomic E-state index is 14.3. The van der Waals surface area contributed by atoms with Gasteiger partial charge < -0.3 is 15.0 Å². The number of nitrogens with one attached hydrogen (secondary N) is 1. The van der Waals surface area contributed by atoms with Crippen molar-refractivity contribution in [2.24, 2.45) is 11.8 Å². The predicted octanol–water partition coefficient (Wildman–Crippen LogP) is 5.71. The number of halogens is 1. The van der Waals surface area contributed by atoms with Gasteiger partial charge in [-0.1, -0.05) is 31.2 Å². The van der Waals surface area contributed by atoms with Gasteiger partial charge in [0.05, 0.1) is 12.7 Å². The molecule has 1 heterocycles. The number of carbonyl (C=O) groups excluding carboxylic acids is 3. The summed E-state index contributed by atoms with van der Waals surface area (Å²) in [5, 5.41) is 2.82. The molecule has 2 amide bonds. The lowest BCUT2D eigenvalue weighted by Gasteiger charge is -2.38. The van der Waals surface area contributed by atoms with Crippen molar-refractivity contribution in [3.63, 3.8) is 0 Å². The van der Waals surface area contributed by atoms with Crippen molar-refractivity contribution in [1.82, 2.24) is 0 Å². The maximum absolute atomic E-state index is 14.3. The molecule has 0 aromatic heterocycles. The molecule has 0 unspecified atom stereocenters. The third-order valence-corrected chi connectivity index (χ3v) is 6.85. The van der Waals surface area contributed by atoms with Crippen molar-refractivity contribution in [3.05, 3.63) is 94.3 Å². The number of piperidine rings is 1. The average Bonchev–Trinajstić information content (AvgIpc) is 2.87. The molecule has 1 fully saturated rings. The average molecular weight is 503 g/mol. The number of hydrogen-bond acceptors (Lipinski definition) is 4. The third-order valence-electron chi connectivity index (χ3n) is 6.85. The first kappa shape index (κ1) is 26.1. The van der Waals surface area contributed by atoms with Gasteiger partial charge in [0.25, 0.3) is 5.91 Å². The molecule has 0 spiro atoms. The van der Waals surface area contributed by atoms with Crippen LogP contribution in [0.5, 0.6) is 0 Å². The maximum Gasteiger partial charge on any atom is 0.337 e. The monoisotopic (exact) mass is 502 g/mol. The summed E-state index contributed by atoms with van der Waals surface area (Å²) in [5.41, 5.74) is 4.32. The summed E-state index contributed by atoms with van der Waals surface area (Å²) in [5.74, 6) is -1.06. The van der Waals surface area contributed by atoms with E-state index in [0.717, 1.165) is 16.8 Å². The van der Waals surface area contributed by atoms with Gasteiger partial charge in [-0.15, -0.1) is 0 Å². The Balaban J connectivity index is 1.56. The van der Waals surface area contributed by atoms with E-state index in [0.29, 0.717) is 41.8 Å². The van der Waals surface area contributed by atoms with Crippen LogP contribution in [0.25, 0.3) is 0 Å². The zero-order valence-corrected chi connectivity index (χ0v) is 21.5. The Bertz CT molecular complexity index is 1330. The zero-order valence-electron chi connectivity index (χ0n) is 21.5. The Morgan fingerprint density at radius 3 is 2.41 bits per heavy atom. The molecule has 1 aliphatic rings. The van der Waals surface area contributed by atoms with E-state index in [2.05, 4.69) is 5.32 Å². The number of hydrogen-bond donors (Lipinski definition) is 1. The molecular formula is C30H31FN2O4. The van der Waals surface area contributed by atoms with Crippen LogP contribution in [-0.4, -0.2) is 31.4 Å². The molecule has 192 valence electrons. The molecule has 1 saturated heterocycles. The van der Waals surface area contributed by atoms with Crippen LogP contribution in [0, 0.1) is 31.5 Å². The van der Waals surface area contributed by atoms with Crippen LogP contribution in [-0.2, 0) is 16.0 Å². The number of aryl methyl sites for hydroxylation is 2. The van der Waals surface area contributed by atoms with Gasteiger partial charge in [0.15, 0.2) is 0 Å². The van der Waals surface area contributed by atoms with Crippen LogP contribution < -0.4 is 10.2 Å². The molecule has 1 N–H and O–H groups in total. The SMILES string of the molecule is COC(=O)c1cccc(NC(=O)c2cc(C)c(N3C[C@@H](Cc4ccccc4F)C[C@@H](C)C3=O)c(C)c2)c1. The second-order valence-electron chi connectivity index (χ2n) is 9.73. The van der Waals surface area contributed by atoms with Crippen LogP contribution in [0.2, 0.25) is 0 Å². The second kappa shape index (κ2) is 10.9. The van der Waals surface area contributed by atoms with Gasteiger partial charge in [-0.05, 0) is 85.7 Å². The number of ether oxygens (including phenoxy) is 1. The Morgan fingerprint density at radius 1 is 1.03 bits per heavy atom.